The third-order valence-electron chi connectivity index (χ3n) is 2.64. The van der Waals surface area contributed by atoms with E-state index < -0.39 is 5.97 Å². The monoisotopic (exact) mass is 287 g/mol. The molecule has 0 aromatic carbocycles. The smallest absolute Gasteiger partial charge is 0.318 e. The Kier molecular flexibility index (Phi) is 4.94. The van der Waals surface area contributed by atoms with Crippen molar-refractivity contribution in [2.75, 3.05) is 12.4 Å². The van der Waals surface area contributed by atoms with Gasteiger partial charge in [-0.1, -0.05) is 32.4 Å². The molecule has 0 spiro atoms. The van der Waals surface area contributed by atoms with Crippen molar-refractivity contribution in [3.8, 4) is 6.01 Å². The zero-order valence-electron chi connectivity index (χ0n) is 11.4. The molecule has 1 atom stereocenters. The average Bonchev–Trinajstić information content (AvgIpc) is 2.29. The quantitative estimate of drug-likeness (QED) is 0.865. The summed E-state index contributed by atoms with van der Waals surface area (Å²) in [7, 11) is 1.45. The number of nitrogens with zero attached hydrogens (tertiary/aromatic N) is 2. The van der Waals surface area contributed by atoms with Gasteiger partial charge in [-0.25, -0.2) is 4.98 Å². The molecule has 2 N–H and O–H groups in total. The molecule has 0 bridgehead atoms. The summed E-state index contributed by atoms with van der Waals surface area (Å²) in [5, 5.41) is 12.3. The van der Waals surface area contributed by atoms with Crippen molar-refractivity contribution in [2.24, 2.45) is 5.41 Å². The first-order chi connectivity index (χ1) is 8.74. The second-order valence-corrected chi connectivity index (χ2v) is 5.62. The van der Waals surface area contributed by atoms with Gasteiger partial charge in [0.1, 0.15) is 5.02 Å². The maximum absolute atomic E-state index is 10.9. The second-order valence-electron chi connectivity index (χ2n) is 5.21. The SMILES string of the molecule is COc1ncc(Cl)c(NC(CC(=O)O)C(C)(C)C)n1. The number of hydrogen-bond acceptors (Lipinski definition) is 5. The van der Waals surface area contributed by atoms with E-state index in [-0.39, 0.29) is 23.9 Å². The highest BCUT2D eigenvalue weighted by Gasteiger charge is 2.28. The van der Waals surface area contributed by atoms with E-state index in [0.29, 0.717) is 10.8 Å². The number of carboxylic acids is 1. The van der Waals surface area contributed by atoms with Gasteiger partial charge < -0.3 is 15.2 Å². The van der Waals surface area contributed by atoms with Gasteiger partial charge in [0.2, 0.25) is 0 Å². The zero-order chi connectivity index (χ0) is 14.6. The average molecular weight is 288 g/mol. The molecular weight excluding hydrogens is 270 g/mol. The second kappa shape index (κ2) is 6.06. The summed E-state index contributed by atoms with van der Waals surface area (Å²) < 4.78 is 4.92. The Morgan fingerprint density at radius 1 is 1.58 bits per heavy atom. The minimum atomic E-state index is -0.885. The molecule has 1 unspecified atom stereocenters. The van der Waals surface area contributed by atoms with Gasteiger partial charge in [-0.15, -0.1) is 0 Å². The molecule has 7 heteroatoms. The largest absolute Gasteiger partial charge is 0.481 e. The molecule has 0 amide bonds. The molecule has 0 saturated heterocycles. The minimum absolute atomic E-state index is 0.0356. The number of hydrogen-bond donors (Lipinski definition) is 2. The summed E-state index contributed by atoms with van der Waals surface area (Å²) in [6.45, 7) is 5.83. The molecule has 106 valence electrons. The molecule has 19 heavy (non-hydrogen) atoms. The summed E-state index contributed by atoms with van der Waals surface area (Å²) >= 11 is 5.99. The lowest BCUT2D eigenvalue weighted by atomic mass is 9.85. The number of rotatable bonds is 5. The number of nitrogens with one attached hydrogen (secondary N) is 1. The topological polar surface area (TPSA) is 84.3 Å². The first kappa shape index (κ1) is 15.5. The van der Waals surface area contributed by atoms with Crippen LogP contribution in [0.3, 0.4) is 0 Å². The summed E-state index contributed by atoms with van der Waals surface area (Å²) in [4.78, 5) is 18.9. The van der Waals surface area contributed by atoms with Crippen LogP contribution >= 0.6 is 11.6 Å². The lowest BCUT2D eigenvalue weighted by Gasteiger charge is -2.31. The zero-order valence-corrected chi connectivity index (χ0v) is 12.2. The molecule has 1 heterocycles. The molecule has 6 nitrogen and oxygen atoms in total. The van der Waals surface area contributed by atoms with Gasteiger partial charge in [0.05, 0.1) is 19.7 Å². The van der Waals surface area contributed by atoms with Crippen molar-refractivity contribution >= 4 is 23.4 Å². The van der Waals surface area contributed by atoms with Crippen LogP contribution < -0.4 is 10.1 Å². The highest BCUT2D eigenvalue weighted by atomic mass is 35.5. The van der Waals surface area contributed by atoms with E-state index in [1.807, 2.05) is 20.8 Å². The van der Waals surface area contributed by atoms with E-state index in [0.717, 1.165) is 0 Å². The van der Waals surface area contributed by atoms with Gasteiger partial charge in [0.15, 0.2) is 5.82 Å². The van der Waals surface area contributed by atoms with Crippen LogP contribution in [0.1, 0.15) is 27.2 Å². The van der Waals surface area contributed by atoms with Gasteiger partial charge in [-0.05, 0) is 5.41 Å². The summed E-state index contributed by atoms with van der Waals surface area (Å²) in [6.07, 6.45) is 1.38. The van der Waals surface area contributed by atoms with Crippen LogP contribution in [0.15, 0.2) is 6.20 Å². The Bertz CT molecular complexity index is 460. The lowest BCUT2D eigenvalue weighted by Crippen LogP contribution is -2.36. The molecule has 0 aliphatic rings. The van der Waals surface area contributed by atoms with E-state index in [1.54, 1.807) is 0 Å². The van der Waals surface area contributed by atoms with Gasteiger partial charge in [0.25, 0.3) is 0 Å². The third kappa shape index (κ3) is 4.55. The predicted octanol–water partition coefficient (Wildman–Crippen LogP) is 2.44. The number of carbonyl (C=O) groups is 1. The molecule has 0 fully saturated rings. The number of aromatic nitrogens is 2. The standard InChI is InChI=1S/C12H18ClN3O3/c1-12(2,3)8(5-9(17)18)15-10-7(13)6-14-11(16-10)19-4/h6,8H,5H2,1-4H3,(H,17,18)(H,14,15,16). The van der Waals surface area contributed by atoms with E-state index in [4.69, 9.17) is 21.4 Å². The van der Waals surface area contributed by atoms with Gasteiger partial charge >= 0.3 is 12.0 Å². The number of halogens is 1. The molecule has 1 rings (SSSR count). The normalized spacial score (nSPS) is 12.9. The Morgan fingerprint density at radius 2 is 2.21 bits per heavy atom. The van der Waals surface area contributed by atoms with E-state index in [9.17, 15) is 4.79 Å². The van der Waals surface area contributed by atoms with E-state index in [1.165, 1.54) is 13.3 Å². The van der Waals surface area contributed by atoms with Crippen molar-refractivity contribution in [1.82, 2.24) is 9.97 Å². The first-order valence-corrected chi connectivity index (χ1v) is 6.16. The fourth-order valence-electron chi connectivity index (χ4n) is 1.46. The van der Waals surface area contributed by atoms with E-state index in [2.05, 4.69) is 15.3 Å². The van der Waals surface area contributed by atoms with Crippen molar-refractivity contribution < 1.29 is 14.6 Å². The molecular formula is C12H18ClN3O3. The molecule has 0 aliphatic carbocycles. The molecule has 1 aromatic rings. The lowest BCUT2D eigenvalue weighted by molar-refractivity contribution is -0.137. The van der Waals surface area contributed by atoms with Gasteiger partial charge in [0, 0.05) is 6.04 Å². The maximum Gasteiger partial charge on any atom is 0.318 e. The fraction of sp³-hybridized carbons (Fsp3) is 0.583. The van der Waals surface area contributed by atoms with Crippen LogP contribution in [-0.2, 0) is 4.79 Å². The Morgan fingerprint density at radius 3 is 2.68 bits per heavy atom. The summed E-state index contributed by atoms with van der Waals surface area (Å²) in [5.74, 6) is -0.515. The number of ether oxygens (including phenoxy) is 1. The Hall–Kier alpha value is -1.56. The van der Waals surface area contributed by atoms with Crippen LogP contribution in [0.4, 0.5) is 5.82 Å². The van der Waals surface area contributed by atoms with E-state index >= 15 is 0 Å². The Balaban J connectivity index is 2.98. The predicted molar refractivity (Wildman–Crippen MR) is 72.7 cm³/mol. The van der Waals surface area contributed by atoms with Crippen molar-refractivity contribution in [2.45, 2.75) is 33.2 Å². The summed E-state index contributed by atoms with van der Waals surface area (Å²) in [5.41, 5.74) is -0.264. The molecule has 0 saturated carbocycles. The van der Waals surface area contributed by atoms with Crippen LogP contribution in [0.25, 0.3) is 0 Å². The van der Waals surface area contributed by atoms with Crippen LogP contribution in [0.2, 0.25) is 5.02 Å². The fourth-order valence-corrected chi connectivity index (χ4v) is 1.61. The number of anilines is 1. The molecule has 1 aromatic heterocycles. The number of carboxylic acid groups (broad SMARTS) is 1. The molecule has 0 aliphatic heterocycles. The van der Waals surface area contributed by atoms with Crippen molar-refractivity contribution in [3.05, 3.63) is 11.2 Å². The first-order valence-electron chi connectivity index (χ1n) is 5.79. The Labute approximate surface area is 117 Å². The highest BCUT2D eigenvalue weighted by molar-refractivity contribution is 6.32. The third-order valence-corrected chi connectivity index (χ3v) is 2.92. The van der Waals surface area contributed by atoms with Crippen LogP contribution in [0, 0.1) is 5.41 Å². The minimum Gasteiger partial charge on any atom is -0.481 e. The summed E-state index contributed by atoms with van der Waals surface area (Å²) in [6, 6.07) is -0.142. The number of methoxy groups -OCH3 is 1. The van der Waals surface area contributed by atoms with Crippen LogP contribution in [0.5, 0.6) is 6.01 Å². The van der Waals surface area contributed by atoms with Gasteiger partial charge in [-0.3, -0.25) is 4.79 Å². The van der Waals surface area contributed by atoms with Crippen LogP contribution in [-0.4, -0.2) is 34.2 Å². The highest BCUT2D eigenvalue weighted by Crippen LogP contribution is 2.28. The number of aliphatic carboxylic acids is 1. The molecule has 0 radical (unpaired) electrons. The van der Waals surface area contributed by atoms with Crippen molar-refractivity contribution in [1.29, 1.82) is 0 Å². The van der Waals surface area contributed by atoms with Gasteiger partial charge in [-0.2, -0.15) is 4.98 Å². The maximum atomic E-state index is 10.9. The van der Waals surface area contributed by atoms with Crippen molar-refractivity contribution in [3.63, 3.8) is 0 Å².